The third-order valence-corrected chi connectivity index (χ3v) is 5.87. The summed E-state index contributed by atoms with van der Waals surface area (Å²) >= 11 is 0. The maximum Gasteiger partial charge on any atom is 0.243 e. The smallest absolute Gasteiger partial charge is 0.243 e. The first-order valence-corrected chi connectivity index (χ1v) is 8.81. The second-order valence-electron chi connectivity index (χ2n) is 5.75. The third-order valence-electron chi connectivity index (χ3n) is 4.01. The predicted octanol–water partition coefficient (Wildman–Crippen LogP) is 3.05. The molecule has 24 heavy (non-hydrogen) atoms. The van der Waals surface area contributed by atoms with E-state index in [0.717, 1.165) is 15.9 Å². The lowest BCUT2D eigenvalue weighted by Gasteiger charge is -2.20. The van der Waals surface area contributed by atoms with E-state index in [2.05, 4.69) is 0 Å². The zero-order valence-electron chi connectivity index (χ0n) is 12.9. The van der Waals surface area contributed by atoms with Gasteiger partial charge in [-0.3, -0.25) is 4.79 Å². The lowest BCUT2D eigenvalue weighted by Crippen LogP contribution is -2.31. The summed E-state index contributed by atoms with van der Waals surface area (Å²) < 4.78 is 54.0. The number of halogens is 2. The molecule has 0 saturated heterocycles. The molecule has 126 valence electrons. The van der Waals surface area contributed by atoms with Crippen molar-refractivity contribution in [3.8, 4) is 0 Å². The fraction of sp³-hybridized carbons (Fsp3) is 0.235. The SMILES string of the molecule is Cc1ccc(S(=O)(=O)N2CCC(=O)c3c(F)cc(F)cc3C2)cc1. The molecule has 0 aliphatic carbocycles. The Morgan fingerprint density at radius 2 is 1.75 bits per heavy atom. The van der Waals surface area contributed by atoms with Crippen molar-refractivity contribution in [3.05, 3.63) is 64.7 Å². The highest BCUT2D eigenvalue weighted by atomic mass is 32.2. The number of aryl methyl sites for hydroxylation is 1. The van der Waals surface area contributed by atoms with Crippen molar-refractivity contribution in [2.24, 2.45) is 0 Å². The zero-order chi connectivity index (χ0) is 17.5. The van der Waals surface area contributed by atoms with Crippen molar-refractivity contribution in [2.75, 3.05) is 6.54 Å². The van der Waals surface area contributed by atoms with E-state index in [-0.39, 0.29) is 35.5 Å². The number of carbonyl (C=O) groups excluding carboxylic acids is 1. The summed E-state index contributed by atoms with van der Waals surface area (Å²) in [5, 5.41) is 0. The van der Waals surface area contributed by atoms with Crippen molar-refractivity contribution in [3.63, 3.8) is 0 Å². The van der Waals surface area contributed by atoms with E-state index >= 15 is 0 Å². The van der Waals surface area contributed by atoms with E-state index in [1.165, 1.54) is 12.1 Å². The van der Waals surface area contributed by atoms with E-state index in [4.69, 9.17) is 0 Å². The molecule has 1 aliphatic rings. The molecule has 0 atom stereocenters. The first kappa shape index (κ1) is 16.7. The summed E-state index contributed by atoms with van der Waals surface area (Å²) in [5.74, 6) is -2.32. The highest BCUT2D eigenvalue weighted by Gasteiger charge is 2.31. The largest absolute Gasteiger partial charge is 0.294 e. The molecule has 0 radical (unpaired) electrons. The molecule has 1 aliphatic heterocycles. The Hall–Kier alpha value is -2.12. The van der Waals surface area contributed by atoms with Gasteiger partial charge in [-0.15, -0.1) is 0 Å². The van der Waals surface area contributed by atoms with Gasteiger partial charge in [0.05, 0.1) is 10.5 Å². The molecule has 0 fully saturated rings. The lowest BCUT2D eigenvalue weighted by atomic mass is 10.0. The number of benzene rings is 2. The number of rotatable bonds is 2. The van der Waals surface area contributed by atoms with Crippen LogP contribution in [0.5, 0.6) is 0 Å². The molecule has 0 N–H and O–H groups in total. The minimum Gasteiger partial charge on any atom is -0.294 e. The number of carbonyl (C=O) groups is 1. The van der Waals surface area contributed by atoms with Crippen LogP contribution in [0.2, 0.25) is 0 Å². The molecule has 2 aromatic rings. The van der Waals surface area contributed by atoms with Crippen molar-refractivity contribution >= 4 is 15.8 Å². The average molecular weight is 351 g/mol. The van der Waals surface area contributed by atoms with Gasteiger partial charge in [-0.05, 0) is 30.7 Å². The number of sulfonamides is 1. The topological polar surface area (TPSA) is 54.5 Å². The number of hydrogen-bond acceptors (Lipinski definition) is 3. The number of ketones is 1. The van der Waals surface area contributed by atoms with Crippen LogP contribution in [-0.4, -0.2) is 25.1 Å². The summed E-state index contributed by atoms with van der Waals surface area (Å²) in [4.78, 5) is 12.2. The van der Waals surface area contributed by atoms with E-state index < -0.39 is 27.4 Å². The summed E-state index contributed by atoms with van der Waals surface area (Å²) in [7, 11) is -3.86. The zero-order valence-corrected chi connectivity index (χ0v) is 13.7. The molecule has 0 amide bonds. The molecule has 7 heteroatoms. The minimum absolute atomic E-state index is 0.0469. The Bertz CT molecular complexity index is 908. The summed E-state index contributed by atoms with van der Waals surface area (Å²) in [6, 6.07) is 7.95. The van der Waals surface area contributed by atoms with Crippen LogP contribution in [0.15, 0.2) is 41.3 Å². The molecule has 0 spiro atoms. The molecule has 0 saturated carbocycles. The molecule has 0 bridgehead atoms. The first-order valence-electron chi connectivity index (χ1n) is 7.37. The van der Waals surface area contributed by atoms with Gasteiger partial charge in [0.15, 0.2) is 5.78 Å². The average Bonchev–Trinajstić information content (AvgIpc) is 2.67. The Morgan fingerprint density at radius 1 is 1.08 bits per heavy atom. The van der Waals surface area contributed by atoms with Gasteiger partial charge in [0, 0.05) is 25.6 Å². The van der Waals surface area contributed by atoms with Gasteiger partial charge in [0.1, 0.15) is 11.6 Å². The van der Waals surface area contributed by atoms with Crippen LogP contribution in [0.3, 0.4) is 0 Å². The van der Waals surface area contributed by atoms with E-state index in [1.807, 2.05) is 6.92 Å². The normalized spacial score (nSPS) is 15.9. The van der Waals surface area contributed by atoms with Gasteiger partial charge in [0.2, 0.25) is 10.0 Å². The Balaban J connectivity index is 2.04. The molecule has 0 unspecified atom stereocenters. The van der Waals surface area contributed by atoms with Crippen LogP contribution < -0.4 is 0 Å². The van der Waals surface area contributed by atoms with Crippen LogP contribution in [0.1, 0.15) is 27.9 Å². The van der Waals surface area contributed by atoms with Crippen molar-refractivity contribution < 1.29 is 22.0 Å². The van der Waals surface area contributed by atoms with Gasteiger partial charge in [-0.1, -0.05) is 17.7 Å². The Labute approximate surface area is 138 Å². The summed E-state index contributed by atoms with van der Waals surface area (Å²) in [6.45, 7) is 1.51. The van der Waals surface area contributed by atoms with Crippen molar-refractivity contribution in [1.29, 1.82) is 0 Å². The standard InChI is InChI=1S/C17H15F2NO3S/c1-11-2-4-14(5-3-11)24(22,23)20-7-6-16(21)17-12(10-20)8-13(18)9-15(17)19/h2-5,8-9H,6-7,10H2,1H3. The molecule has 4 nitrogen and oxygen atoms in total. The maximum absolute atomic E-state index is 13.9. The first-order chi connectivity index (χ1) is 11.3. The minimum atomic E-state index is -3.86. The van der Waals surface area contributed by atoms with Crippen LogP contribution in [-0.2, 0) is 16.6 Å². The quantitative estimate of drug-likeness (QED) is 0.836. The monoisotopic (exact) mass is 351 g/mol. The fourth-order valence-corrected chi connectivity index (χ4v) is 4.17. The van der Waals surface area contributed by atoms with Crippen LogP contribution in [0.25, 0.3) is 0 Å². The second kappa shape index (κ2) is 6.07. The maximum atomic E-state index is 13.9. The molecule has 3 rings (SSSR count). The van der Waals surface area contributed by atoms with Crippen LogP contribution in [0.4, 0.5) is 8.78 Å². The van der Waals surface area contributed by atoms with Gasteiger partial charge >= 0.3 is 0 Å². The van der Waals surface area contributed by atoms with Gasteiger partial charge in [-0.25, -0.2) is 17.2 Å². The van der Waals surface area contributed by atoms with Gasteiger partial charge in [-0.2, -0.15) is 4.31 Å². The molecule has 2 aromatic carbocycles. The fourth-order valence-electron chi connectivity index (χ4n) is 2.75. The van der Waals surface area contributed by atoms with Gasteiger partial charge < -0.3 is 0 Å². The highest BCUT2D eigenvalue weighted by Crippen LogP contribution is 2.27. The second-order valence-corrected chi connectivity index (χ2v) is 7.68. The Morgan fingerprint density at radius 3 is 2.42 bits per heavy atom. The molecular formula is C17H15F2NO3S. The number of nitrogens with zero attached hydrogens (tertiary/aromatic N) is 1. The number of hydrogen-bond donors (Lipinski definition) is 0. The predicted molar refractivity (Wildman–Crippen MR) is 84.1 cm³/mol. The highest BCUT2D eigenvalue weighted by molar-refractivity contribution is 7.89. The lowest BCUT2D eigenvalue weighted by molar-refractivity contribution is 0.0977. The molecule has 0 aromatic heterocycles. The molecular weight excluding hydrogens is 336 g/mol. The van der Waals surface area contributed by atoms with E-state index in [1.54, 1.807) is 12.1 Å². The van der Waals surface area contributed by atoms with Gasteiger partial charge in [0.25, 0.3) is 0 Å². The van der Waals surface area contributed by atoms with Crippen LogP contribution in [0, 0.1) is 18.6 Å². The third kappa shape index (κ3) is 2.97. The van der Waals surface area contributed by atoms with Crippen molar-refractivity contribution in [1.82, 2.24) is 4.31 Å². The summed E-state index contributed by atoms with van der Waals surface area (Å²) in [5.41, 5.74) is 0.734. The molecule has 1 heterocycles. The van der Waals surface area contributed by atoms with Crippen molar-refractivity contribution in [2.45, 2.75) is 24.8 Å². The summed E-state index contributed by atoms with van der Waals surface area (Å²) in [6.07, 6.45) is -0.152. The van der Waals surface area contributed by atoms with Crippen LogP contribution >= 0.6 is 0 Å². The number of fused-ring (bicyclic) bond motifs is 1. The van der Waals surface area contributed by atoms with E-state index in [9.17, 15) is 22.0 Å². The van der Waals surface area contributed by atoms with E-state index in [0.29, 0.717) is 6.07 Å². The number of Topliss-reactive ketones (excluding diaryl/α,β-unsaturated/α-hetero) is 1. The Kier molecular flexibility index (Phi) is 4.23.